The molecule has 0 amide bonds. The van der Waals surface area contributed by atoms with Crippen molar-refractivity contribution in [3.05, 3.63) is 47.5 Å². The lowest BCUT2D eigenvalue weighted by Gasteiger charge is -2.32. The summed E-state index contributed by atoms with van der Waals surface area (Å²) < 4.78 is 5.80. The number of benzene rings is 1. The molecule has 6 nitrogen and oxygen atoms in total. The molecule has 1 aromatic carbocycles. The zero-order chi connectivity index (χ0) is 16.1. The number of hydrogen-bond donors (Lipinski definition) is 2. The van der Waals surface area contributed by atoms with E-state index in [2.05, 4.69) is 27.0 Å². The Hall–Kier alpha value is -1.76. The molecule has 1 aliphatic rings. The van der Waals surface area contributed by atoms with Gasteiger partial charge in [-0.1, -0.05) is 37.3 Å². The lowest BCUT2D eigenvalue weighted by atomic mass is 10.1. The first-order chi connectivity index (χ1) is 11.3. The van der Waals surface area contributed by atoms with Crippen molar-refractivity contribution in [2.75, 3.05) is 26.2 Å². The van der Waals surface area contributed by atoms with E-state index in [9.17, 15) is 5.11 Å². The molecule has 3 rings (SSSR count). The van der Waals surface area contributed by atoms with E-state index in [0.717, 1.165) is 30.8 Å². The second kappa shape index (κ2) is 7.68. The van der Waals surface area contributed by atoms with Crippen molar-refractivity contribution in [1.29, 1.82) is 0 Å². The third-order valence-corrected chi connectivity index (χ3v) is 4.09. The van der Waals surface area contributed by atoms with E-state index in [1.807, 2.05) is 30.3 Å². The number of aliphatic hydroxyl groups is 1. The Morgan fingerprint density at radius 3 is 3.00 bits per heavy atom. The molecule has 0 radical (unpaired) electrons. The quantitative estimate of drug-likeness (QED) is 0.851. The molecule has 0 aliphatic carbocycles. The monoisotopic (exact) mass is 316 g/mol. The fourth-order valence-electron chi connectivity index (χ4n) is 2.85. The highest BCUT2D eigenvalue weighted by Crippen LogP contribution is 2.22. The fourth-order valence-corrected chi connectivity index (χ4v) is 2.85. The number of morpholine rings is 1. The van der Waals surface area contributed by atoms with Crippen LogP contribution in [-0.4, -0.2) is 51.4 Å². The van der Waals surface area contributed by atoms with Gasteiger partial charge in [0.25, 0.3) is 0 Å². The van der Waals surface area contributed by atoms with Gasteiger partial charge in [-0.15, -0.1) is 0 Å². The van der Waals surface area contributed by atoms with Crippen molar-refractivity contribution in [3.63, 3.8) is 0 Å². The Labute approximate surface area is 136 Å². The van der Waals surface area contributed by atoms with Crippen LogP contribution >= 0.6 is 0 Å². The summed E-state index contributed by atoms with van der Waals surface area (Å²) in [6.07, 6.45) is 1.32. The smallest absolute Gasteiger partial charge is 0.180 e. The number of rotatable bonds is 6. The zero-order valence-corrected chi connectivity index (χ0v) is 13.5. The molecule has 0 unspecified atom stereocenters. The van der Waals surface area contributed by atoms with E-state index in [0.29, 0.717) is 25.5 Å². The molecule has 2 atom stereocenters. The molecule has 1 fully saturated rings. The highest BCUT2D eigenvalue weighted by atomic mass is 16.5. The number of β-amino-alcohol motifs (C(OH)–C–C–N with tert-alkyl or cyclic N) is 1. The number of aromatic nitrogens is 3. The molecule has 2 heterocycles. The van der Waals surface area contributed by atoms with E-state index >= 15 is 0 Å². The minimum atomic E-state index is -0.488. The molecule has 0 saturated carbocycles. The summed E-state index contributed by atoms with van der Waals surface area (Å²) in [5.74, 6) is 1.62. The number of aliphatic hydroxyl groups excluding tert-OH is 1. The second-order valence-electron chi connectivity index (χ2n) is 5.94. The van der Waals surface area contributed by atoms with E-state index in [1.54, 1.807) is 0 Å². The van der Waals surface area contributed by atoms with E-state index < -0.39 is 6.10 Å². The predicted molar refractivity (Wildman–Crippen MR) is 86.9 cm³/mol. The van der Waals surface area contributed by atoms with Crippen molar-refractivity contribution in [1.82, 2.24) is 20.1 Å². The summed E-state index contributed by atoms with van der Waals surface area (Å²) in [6, 6.07) is 9.76. The third-order valence-electron chi connectivity index (χ3n) is 4.09. The SMILES string of the molecule is CCCc1nc([C@H]2CN(C[C@H](O)c3ccccc3)CCO2)n[nH]1. The van der Waals surface area contributed by atoms with Gasteiger partial charge in [-0.3, -0.25) is 10.00 Å². The second-order valence-corrected chi connectivity index (χ2v) is 5.94. The van der Waals surface area contributed by atoms with Gasteiger partial charge in [0.05, 0.1) is 12.7 Å². The van der Waals surface area contributed by atoms with Gasteiger partial charge in [-0.05, 0) is 12.0 Å². The van der Waals surface area contributed by atoms with Gasteiger partial charge in [0.15, 0.2) is 5.82 Å². The number of hydrogen-bond acceptors (Lipinski definition) is 5. The zero-order valence-electron chi connectivity index (χ0n) is 13.5. The van der Waals surface area contributed by atoms with Crippen molar-refractivity contribution in [3.8, 4) is 0 Å². The number of nitrogens with one attached hydrogen (secondary N) is 1. The molecule has 2 N–H and O–H groups in total. The Balaban J connectivity index is 1.59. The van der Waals surface area contributed by atoms with Crippen LogP contribution in [0.2, 0.25) is 0 Å². The van der Waals surface area contributed by atoms with Crippen LogP contribution in [0.5, 0.6) is 0 Å². The molecular weight excluding hydrogens is 292 g/mol. The Morgan fingerprint density at radius 1 is 1.39 bits per heavy atom. The largest absolute Gasteiger partial charge is 0.387 e. The summed E-state index contributed by atoms with van der Waals surface area (Å²) in [5, 5.41) is 17.6. The summed E-state index contributed by atoms with van der Waals surface area (Å²) in [5.41, 5.74) is 0.943. The van der Waals surface area contributed by atoms with Crippen molar-refractivity contribution >= 4 is 0 Å². The molecule has 124 valence electrons. The summed E-state index contributed by atoms with van der Waals surface area (Å²) >= 11 is 0. The standard InChI is InChI=1S/C17H24N4O2/c1-2-6-16-18-17(20-19-16)15-12-21(9-10-23-15)11-14(22)13-7-4-3-5-8-13/h3-5,7-8,14-15,22H,2,6,9-12H2,1H3,(H,18,19,20)/t14-,15+/m0/s1. The summed E-state index contributed by atoms with van der Waals surface area (Å²) in [6.45, 7) is 4.85. The van der Waals surface area contributed by atoms with Crippen molar-refractivity contribution in [2.24, 2.45) is 0 Å². The van der Waals surface area contributed by atoms with Crippen LogP contribution in [0.4, 0.5) is 0 Å². The Morgan fingerprint density at radius 2 is 2.22 bits per heavy atom. The predicted octanol–water partition coefficient (Wildman–Crippen LogP) is 1.86. The van der Waals surface area contributed by atoms with Crippen LogP contribution in [-0.2, 0) is 11.2 Å². The van der Waals surface area contributed by atoms with Crippen LogP contribution < -0.4 is 0 Å². The van der Waals surface area contributed by atoms with E-state index in [4.69, 9.17) is 4.74 Å². The highest BCUT2D eigenvalue weighted by molar-refractivity contribution is 5.17. The normalized spacial score (nSPS) is 20.5. The molecule has 1 saturated heterocycles. The molecule has 0 bridgehead atoms. The topological polar surface area (TPSA) is 74.3 Å². The van der Waals surface area contributed by atoms with Crippen LogP contribution in [0.15, 0.2) is 30.3 Å². The Kier molecular flexibility index (Phi) is 5.38. The minimum absolute atomic E-state index is 0.131. The number of nitrogens with zero attached hydrogens (tertiary/aromatic N) is 3. The van der Waals surface area contributed by atoms with Gasteiger partial charge in [0.2, 0.25) is 0 Å². The van der Waals surface area contributed by atoms with Gasteiger partial charge in [0, 0.05) is 26.1 Å². The summed E-state index contributed by atoms with van der Waals surface area (Å²) in [4.78, 5) is 6.72. The van der Waals surface area contributed by atoms with Crippen LogP contribution in [0.25, 0.3) is 0 Å². The maximum atomic E-state index is 10.4. The average Bonchev–Trinajstić information content (AvgIpc) is 3.05. The minimum Gasteiger partial charge on any atom is -0.387 e. The molecule has 23 heavy (non-hydrogen) atoms. The first-order valence-electron chi connectivity index (χ1n) is 8.24. The van der Waals surface area contributed by atoms with Gasteiger partial charge in [-0.25, -0.2) is 4.98 Å². The number of H-pyrrole nitrogens is 1. The van der Waals surface area contributed by atoms with Crippen LogP contribution in [0.3, 0.4) is 0 Å². The van der Waals surface area contributed by atoms with Gasteiger partial charge >= 0.3 is 0 Å². The van der Waals surface area contributed by atoms with E-state index in [-0.39, 0.29) is 6.10 Å². The lowest BCUT2D eigenvalue weighted by Crippen LogP contribution is -2.40. The first-order valence-corrected chi connectivity index (χ1v) is 8.24. The van der Waals surface area contributed by atoms with E-state index in [1.165, 1.54) is 0 Å². The molecule has 1 aromatic heterocycles. The van der Waals surface area contributed by atoms with Crippen molar-refractivity contribution < 1.29 is 9.84 Å². The number of ether oxygens (including phenoxy) is 1. The Bertz CT molecular complexity index is 602. The number of aryl methyl sites for hydroxylation is 1. The molecular formula is C17H24N4O2. The molecule has 2 aromatic rings. The maximum Gasteiger partial charge on any atom is 0.180 e. The van der Waals surface area contributed by atoms with Gasteiger partial charge in [0.1, 0.15) is 11.9 Å². The van der Waals surface area contributed by atoms with Crippen LogP contribution in [0, 0.1) is 0 Å². The lowest BCUT2D eigenvalue weighted by molar-refractivity contribution is -0.0461. The van der Waals surface area contributed by atoms with Crippen LogP contribution in [0.1, 0.15) is 42.8 Å². The third kappa shape index (κ3) is 4.16. The first kappa shape index (κ1) is 16.1. The maximum absolute atomic E-state index is 10.4. The summed E-state index contributed by atoms with van der Waals surface area (Å²) in [7, 11) is 0. The molecule has 0 spiro atoms. The molecule has 1 aliphatic heterocycles. The van der Waals surface area contributed by atoms with Gasteiger partial charge < -0.3 is 9.84 Å². The fraction of sp³-hybridized carbons (Fsp3) is 0.529. The highest BCUT2D eigenvalue weighted by Gasteiger charge is 2.26. The molecule has 6 heteroatoms. The number of aromatic amines is 1. The average molecular weight is 316 g/mol. The van der Waals surface area contributed by atoms with Crippen molar-refractivity contribution in [2.45, 2.75) is 32.0 Å². The van der Waals surface area contributed by atoms with Gasteiger partial charge in [-0.2, -0.15) is 5.10 Å².